The van der Waals surface area contributed by atoms with Gasteiger partial charge in [-0.25, -0.2) is 0 Å². The molecule has 0 aliphatic carbocycles. The van der Waals surface area contributed by atoms with Crippen molar-refractivity contribution in [1.82, 2.24) is 0 Å². The van der Waals surface area contributed by atoms with Crippen molar-refractivity contribution in [2.75, 3.05) is 0 Å². The van der Waals surface area contributed by atoms with Gasteiger partial charge in [0.15, 0.2) is 0 Å². The Bertz CT molecular complexity index is 258. The number of halogens is 2. The quantitative estimate of drug-likeness (QED) is 0.545. The highest BCUT2D eigenvalue weighted by Crippen LogP contribution is 2.10. The zero-order valence-electron chi connectivity index (χ0n) is 6.34. The van der Waals surface area contributed by atoms with E-state index in [1.54, 1.807) is 0 Å². The topological polar surface area (TPSA) is 17.1 Å². The molecule has 1 rings (SSSR count). The first-order valence-corrected chi connectivity index (χ1v) is 4.39. The van der Waals surface area contributed by atoms with Crippen LogP contribution in [0.15, 0.2) is 30.3 Å². The molecule has 0 bridgehead atoms. The molecule has 0 aliphatic rings. The minimum Gasteiger partial charge on any atom is -0.280 e. The van der Waals surface area contributed by atoms with Crippen molar-refractivity contribution in [3.8, 4) is 0 Å². The van der Waals surface area contributed by atoms with Gasteiger partial charge in [0.2, 0.25) is 5.24 Å². The van der Waals surface area contributed by atoms with Crippen LogP contribution in [0, 0.1) is 0 Å². The molecule has 1 unspecified atom stereocenters. The van der Waals surface area contributed by atoms with Crippen molar-refractivity contribution in [2.45, 2.75) is 11.8 Å². The molecule has 0 saturated carbocycles. The Morgan fingerprint density at radius 2 is 1.92 bits per heavy atom. The predicted molar refractivity (Wildman–Crippen MR) is 50.6 cm³/mol. The molecule has 0 fully saturated rings. The number of carbonyl (C=O) groups is 1. The molecule has 0 aliphatic heterocycles. The second kappa shape index (κ2) is 4.48. The van der Waals surface area contributed by atoms with Gasteiger partial charge in [0, 0.05) is 0 Å². The molecule has 64 valence electrons. The minimum absolute atomic E-state index is 0.491. The van der Waals surface area contributed by atoms with Crippen LogP contribution in [0.5, 0.6) is 0 Å². The van der Waals surface area contributed by atoms with Crippen molar-refractivity contribution < 1.29 is 4.79 Å². The number of rotatable bonds is 3. The molecule has 0 heterocycles. The first kappa shape index (κ1) is 9.56. The smallest absolute Gasteiger partial charge is 0.239 e. The molecule has 1 atom stereocenters. The Morgan fingerprint density at radius 1 is 1.33 bits per heavy atom. The van der Waals surface area contributed by atoms with Crippen LogP contribution in [-0.4, -0.2) is 10.6 Å². The molecule has 1 aromatic carbocycles. The first-order valence-electron chi connectivity index (χ1n) is 3.57. The summed E-state index contributed by atoms with van der Waals surface area (Å²) in [6.07, 6.45) is 0.491. The third-order valence-corrected chi connectivity index (χ3v) is 2.23. The van der Waals surface area contributed by atoms with E-state index in [0.29, 0.717) is 6.42 Å². The lowest BCUT2D eigenvalue weighted by Crippen LogP contribution is -2.10. The first-order chi connectivity index (χ1) is 5.70. The summed E-state index contributed by atoms with van der Waals surface area (Å²) in [7, 11) is 0. The summed E-state index contributed by atoms with van der Waals surface area (Å²) in [6, 6.07) is 9.54. The van der Waals surface area contributed by atoms with Gasteiger partial charge in [-0.2, -0.15) is 0 Å². The maximum Gasteiger partial charge on any atom is 0.239 e. The van der Waals surface area contributed by atoms with Crippen molar-refractivity contribution >= 4 is 28.4 Å². The van der Waals surface area contributed by atoms with E-state index in [0.717, 1.165) is 5.56 Å². The van der Waals surface area contributed by atoms with E-state index in [9.17, 15) is 4.79 Å². The van der Waals surface area contributed by atoms with E-state index >= 15 is 0 Å². The SMILES string of the molecule is O=C(Cl)C(Cl)Cc1ccccc1. The third-order valence-electron chi connectivity index (χ3n) is 1.50. The summed E-state index contributed by atoms with van der Waals surface area (Å²) in [5.74, 6) is 0. The maximum atomic E-state index is 10.6. The summed E-state index contributed by atoms with van der Waals surface area (Å²) >= 11 is 10.9. The highest BCUT2D eigenvalue weighted by Gasteiger charge is 2.12. The van der Waals surface area contributed by atoms with Crippen LogP contribution in [-0.2, 0) is 11.2 Å². The fourth-order valence-corrected chi connectivity index (χ4v) is 1.16. The van der Waals surface area contributed by atoms with Crippen LogP contribution < -0.4 is 0 Å². The molecule has 0 saturated heterocycles. The average molecular weight is 203 g/mol. The largest absolute Gasteiger partial charge is 0.280 e. The van der Waals surface area contributed by atoms with Crippen LogP contribution in [0.2, 0.25) is 0 Å². The molecule has 0 amide bonds. The average Bonchev–Trinajstić information content (AvgIpc) is 2.06. The number of benzene rings is 1. The Balaban J connectivity index is 2.58. The van der Waals surface area contributed by atoms with Gasteiger partial charge in [-0.3, -0.25) is 4.79 Å². The number of alkyl halides is 1. The van der Waals surface area contributed by atoms with Crippen molar-refractivity contribution in [1.29, 1.82) is 0 Å². The van der Waals surface area contributed by atoms with E-state index in [2.05, 4.69) is 0 Å². The number of hydrogen-bond acceptors (Lipinski definition) is 1. The highest BCUT2D eigenvalue weighted by molar-refractivity contribution is 6.69. The summed E-state index contributed by atoms with van der Waals surface area (Å²) in [6.45, 7) is 0. The van der Waals surface area contributed by atoms with Gasteiger partial charge in [-0.05, 0) is 23.6 Å². The van der Waals surface area contributed by atoms with Gasteiger partial charge in [0.25, 0.3) is 0 Å². The summed E-state index contributed by atoms with van der Waals surface area (Å²) in [5, 5.41) is -1.12. The lowest BCUT2D eigenvalue weighted by molar-refractivity contribution is -0.111. The Kier molecular flexibility index (Phi) is 3.57. The van der Waals surface area contributed by atoms with Crippen LogP contribution >= 0.6 is 23.2 Å². The van der Waals surface area contributed by atoms with Gasteiger partial charge in [-0.1, -0.05) is 30.3 Å². The molecule has 1 aromatic rings. The molecule has 1 nitrogen and oxygen atoms in total. The number of carbonyl (C=O) groups excluding carboxylic acids is 1. The summed E-state index contributed by atoms with van der Waals surface area (Å²) in [5.41, 5.74) is 1.02. The lowest BCUT2D eigenvalue weighted by Gasteiger charge is -2.02. The fraction of sp³-hybridized carbons (Fsp3) is 0.222. The molecule has 12 heavy (non-hydrogen) atoms. The standard InChI is InChI=1S/C9H8Cl2O/c10-8(9(11)12)6-7-4-2-1-3-5-7/h1-5,8H,6H2. The maximum absolute atomic E-state index is 10.6. The zero-order valence-corrected chi connectivity index (χ0v) is 7.85. The third kappa shape index (κ3) is 2.84. The van der Waals surface area contributed by atoms with Crippen LogP contribution in [0.1, 0.15) is 5.56 Å². The molecular formula is C9H8Cl2O. The van der Waals surface area contributed by atoms with Gasteiger partial charge >= 0.3 is 0 Å². The Morgan fingerprint density at radius 3 is 2.42 bits per heavy atom. The summed E-state index contributed by atoms with van der Waals surface area (Å²) in [4.78, 5) is 10.6. The summed E-state index contributed by atoms with van der Waals surface area (Å²) < 4.78 is 0. The molecular weight excluding hydrogens is 195 g/mol. The van der Waals surface area contributed by atoms with E-state index < -0.39 is 10.6 Å². The lowest BCUT2D eigenvalue weighted by atomic mass is 10.1. The molecule has 0 N–H and O–H groups in total. The van der Waals surface area contributed by atoms with E-state index in [1.807, 2.05) is 30.3 Å². The van der Waals surface area contributed by atoms with Crippen LogP contribution in [0.4, 0.5) is 0 Å². The Hall–Kier alpha value is -0.530. The molecule has 0 spiro atoms. The highest BCUT2D eigenvalue weighted by atomic mass is 35.5. The second-order valence-corrected chi connectivity index (χ2v) is 3.36. The number of hydrogen-bond donors (Lipinski definition) is 0. The normalized spacial score (nSPS) is 12.5. The van der Waals surface area contributed by atoms with Crippen LogP contribution in [0.3, 0.4) is 0 Å². The predicted octanol–water partition coefficient (Wildman–Crippen LogP) is 2.60. The van der Waals surface area contributed by atoms with Crippen molar-refractivity contribution in [3.63, 3.8) is 0 Å². The van der Waals surface area contributed by atoms with Crippen molar-refractivity contribution in [3.05, 3.63) is 35.9 Å². The van der Waals surface area contributed by atoms with Gasteiger partial charge in [0.1, 0.15) is 5.38 Å². The fourth-order valence-electron chi connectivity index (χ4n) is 0.901. The van der Waals surface area contributed by atoms with Crippen LogP contribution in [0.25, 0.3) is 0 Å². The van der Waals surface area contributed by atoms with Gasteiger partial charge in [-0.15, -0.1) is 11.6 Å². The molecule has 3 heteroatoms. The zero-order chi connectivity index (χ0) is 8.97. The second-order valence-electron chi connectivity index (χ2n) is 2.46. The molecule has 0 aromatic heterocycles. The Labute approximate surface area is 81.3 Å². The van der Waals surface area contributed by atoms with Crippen molar-refractivity contribution in [2.24, 2.45) is 0 Å². The minimum atomic E-state index is -0.617. The van der Waals surface area contributed by atoms with Gasteiger partial charge < -0.3 is 0 Å². The van der Waals surface area contributed by atoms with E-state index in [1.165, 1.54) is 0 Å². The van der Waals surface area contributed by atoms with E-state index in [-0.39, 0.29) is 0 Å². The van der Waals surface area contributed by atoms with Gasteiger partial charge in [0.05, 0.1) is 0 Å². The molecule has 0 radical (unpaired) electrons. The monoisotopic (exact) mass is 202 g/mol. The van der Waals surface area contributed by atoms with E-state index in [4.69, 9.17) is 23.2 Å².